The molecule has 1 aliphatic heterocycles. The Labute approximate surface area is 126 Å². The second kappa shape index (κ2) is 6.43. The Bertz CT molecular complexity index is 577. The highest BCUT2D eigenvalue weighted by atomic mass is 15.3. The first-order valence-electron chi connectivity index (χ1n) is 8.02. The summed E-state index contributed by atoms with van der Waals surface area (Å²) in [7, 11) is 0. The minimum Gasteiger partial charge on any atom is -0.352 e. The van der Waals surface area contributed by atoms with Crippen molar-refractivity contribution in [1.29, 1.82) is 0 Å². The third-order valence-corrected chi connectivity index (χ3v) is 4.10. The van der Waals surface area contributed by atoms with E-state index in [9.17, 15) is 0 Å². The lowest BCUT2D eigenvalue weighted by atomic mass is 10.0. The summed E-state index contributed by atoms with van der Waals surface area (Å²) in [6.07, 6.45) is 7.62. The van der Waals surface area contributed by atoms with Crippen LogP contribution in [0.15, 0.2) is 24.5 Å². The van der Waals surface area contributed by atoms with Crippen LogP contribution in [0.4, 0.5) is 5.82 Å². The van der Waals surface area contributed by atoms with Gasteiger partial charge >= 0.3 is 0 Å². The van der Waals surface area contributed by atoms with Crippen molar-refractivity contribution in [3.63, 3.8) is 0 Å². The van der Waals surface area contributed by atoms with E-state index in [1.807, 2.05) is 16.8 Å². The van der Waals surface area contributed by atoms with Gasteiger partial charge in [0.25, 0.3) is 0 Å². The smallest absolute Gasteiger partial charge is 0.157 e. The standard InChI is InChI=1S/C16H25N5/c1-13(2)11-17-12-14-5-3-4-9-20(14)15-7-10-21-16(19-15)6-8-18-21/h6-8,10,13-14,17H,3-5,9,11-12H2,1-2H3. The Morgan fingerprint density at radius 3 is 3.10 bits per heavy atom. The molecule has 2 aromatic rings. The van der Waals surface area contributed by atoms with Crippen LogP contribution in [-0.4, -0.2) is 40.3 Å². The number of rotatable bonds is 5. The largest absolute Gasteiger partial charge is 0.352 e. The molecule has 1 N–H and O–H groups in total. The summed E-state index contributed by atoms with van der Waals surface area (Å²) in [5.74, 6) is 1.78. The van der Waals surface area contributed by atoms with Crippen LogP contribution in [0.25, 0.3) is 5.65 Å². The van der Waals surface area contributed by atoms with Gasteiger partial charge in [-0.1, -0.05) is 13.8 Å². The van der Waals surface area contributed by atoms with E-state index in [2.05, 4.69) is 35.2 Å². The minimum atomic E-state index is 0.551. The summed E-state index contributed by atoms with van der Waals surface area (Å²) >= 11 is 0. The molecular weight excluding hydrogens is 262 g/mol. The van der Waals surface area contributed by atoms with E-state index < -0.39 is 0 Å². The van der Waals surface area contributed by atoms with Crippen LogP contribution in [0.2, 0.25) is 0 Å². The van der Waals surface area contributed by atoms with Crippen LogP contribution in [0.5, 0.6) is 0 Å². The molecule has 0 radical (unpaired) electrons. The van der Waals surface area contributed by atoms with Gasteiger partial charge in [-0.15, -0.1) is 0 Å². The number of hydrogen-bond acceptors (Lipinski definition) is 4. The molecule has 0 saturated carbocycles. The van der Waals surface area contributed by atoms with Crippen LogP contribution in [0.3, 0.4) is 0 Å². The molecule has 3 rings (SSSR count). The van der Waals surface area contributed by atoms with E-state index in [0.29, 0.717) is 12.0 Å². The number of fused-ring (bicyclic) bond motifs is 1. The van der Waals surface area contributed by atoms with E-state index in [1.165, 1.54) is 19.3 Å². The summed E-state index contributed by atoms with van der Waals surface area (Å²) in [6, 6.07) is 4.59. The number of nitrogens with zero attached hydrogens (tertiary/aromatic N) is 4. The lowest BCUT2D eigenvalue weighted by Crippen LogP contribution is -2.46. The molecule has 0 bridgehead atoms. The van der Waals surface area contributed by atoms with Crippen molar-refractivity contribution in [1.82, 2.24) is 19.9 Å². The fraction of sp³-hybridized carbons (Fsp3) is 0.625. The van der Waals surface area contributed by atoms with Crippen molar-refractivity contribution in [2.75, 3.05) is 24.5 Å². The fourth-order valence-corrected chi connectivity index (χ4v) is 3.02. The molecule has 2 aromatic heterocycles. The first-order chi connectivity index (χ1) is 10.2. The molecule has 1 atom stereocenters. The predicted octanol–water partition coefficient (Wildman–Crippen LogP) is 2.33. The van der Waals surface area contributed by atoms with Crippen molar-refractivity contribution in [3.8, 4) is 0 Å². The topological polar surface area (TPSA) is 45.5 Å². The third-order valence-electron chi connectivity index (χ3n) is 4.10. The van der Waals surface area contributed by atoms with Crippen LogP contribution in [-0.2, 0) is 0 Å². The average Bonchev–Trinajstić information content (AvgIpc) is 2.95. The highest BCUT2D eigenvalue weighted by molar-refractivity contribution is 5.48. The van der Waals surface area contributed by atoms with Gasteiger partial charge in [-0.2, -0.15) is 5.10 Å². The molecule has 1 aliphatic rings. The van der Waals surface area contributed by atoms with Gasteiger partial charge in [0.1, 0.15) is 5.82 Å². The van der Waals surface area contributed by atoms with E-state index >= 15 is 0 Å². The Morgan fingerprint density at radius 2 is 2.24 bits per heavy atom. The maximum atomic E-state index is 4.75. The van der Waals surface area contributed by atoms with Crippen molar-refractivity contribution < 1.29 is 0 Å². The van der Waals surface area contributed by atoms with Gasteiger partial charge in [0, 0.05) is 31.4 Å². The number of nitrogens with one attached hydrogen (secondary N) is 1. The number of piperidine rings is 1. The minimum absolute atomic E-state index is 0.551. The normalized spacial score (nSPS) is 19.6. The molecule has 1 unspecified atom stereocenters. The SMILES string of the molecule is CC(C)CNCC1CCCCN1c1ccn2nccc2n1. The molecule has 5 heteroatoms. The quantitative estimate of drug-likeness (QED) is 0.917. The van der Waals surface area contributed by atoms with E-state index in [0.717, 1.165) is 31.1 Å². The van der Waals surface area contributed by atoms with Crippen molar-refractivity contribution in [2.45, 2.75) is 39.2 Å². The summed E-state index contributed by atoms with van der Waals surface area (Å²) < 4.78 is 1.82. The monoisotopic (exact) mass is 287 g/mol. The zero-order valence-electron chi connectivity index (χ0n) is 13.0. The van der Waals surface area contributed by atoms with E-state index in [4.69, 9.17) is 4.98 Å². The van der Waals surface area contributed by atoms with Crippen molar-refractivity contribution >= 4 is 11.5 Å². The second-order valence-corrected chi connectivity index (χ2v) is 6.31. The van der Waals surface area contributed by atoms with Crippen molar-refractivity contribution in [2.24, 2.45) is 5.92 Å². The molecule has 21 heavy (non-hydrogen) atoms. The van der Waals surface area contributed by atoms with E-state index in [-0.39, 0.29) is 0 Å². The highest BCUT2D eigenvalue weighted by Crippen LogP contribution is 2.23. The van der Waals surface area contributed by atoms with Gasteiger partial charge in [-0.05, 0) is 37.8 Å². The van der Waals surface area contributed by atoms with Gasteiger partial charge in [0.2, 0.25) is 0 Å². The van der Waals surface area contributed by atoms with Gasteiger partial charge in [0.05, 0.1) is 6.20 Å². The molecular formula is C16H25N5. The zero-order chi connectivity index (χ0) is 14.7. The molecule has 114 valence electrons. The first-order valence-corrected chi connectivity index (χ1v) is 8.02. The molecule has 0 amide bonds. The van der Waals surface area contributed by atoms with Gasteiger partial charge in [-0.25, -0.2) is 9.50 Å². The molecule has 0 aromatic carbocycles. The molecule has 1 saturated heterocycles. The molecule has 0 aliphatic carbocycles. The molecule has 5 nitrogen and oxygen atoms in total. The number of hydrogen-bond donors (Lipinski definition) is 1. The van der Waals surface area contributed by atoms with Gasteiger partial charge in [0.15, 0.2) is 5.65 Å². The maximum absolute atomic E-state index is 4.75. The third kappa shape index (κ3) is 3.35. The summed E-state index contributed by atoms with van der Waals surface area (Å²) in [5, 5.41) is 7.82. The maximum Gasteiger partial charge on any atom is 0.157 e. The summed E-state index contributed by atoms with van der Waals surface area (Å²) in [4.78, 5) is 7.21. The Morgan fingerprint density at radius 1 is 1.33 bits per heavy atom. The lowest BCUT2D eigenvalue weighted by molar-refractivity contribution is 0.420. The second-order valence-electron chi connectivity index (χ2n) is 6.31. The highest BCUT2D eigenvalue weighted by Gasteiger charge is 2.23. The van der Waals surface area contributed by atoms with Crippen LogP contribution in [0, 0.1) is 5.92 Å². The number of anilines is 1. The van der Waals surface area contributed by atoms with Crippen LogP contribution in [0.1, 0.15) is 33.1 Å². The van der Waals surface area contributed by atoms with Crippen molar-refractivity contribution in [3.05, 3.63) is 24.5 Å². The first kappa shape index (κ1) is 14.3. The lowest BCUT2D eigenvalue weighted by Gasteiger charge is -2.37. The molecule has 3 heterocycles. The van der Waals surface area contributed by atoms with Crippen LogP contribution >= 0.6 is 0 Å². The summed E-state index contributed by atoms with van der Waals surface area (Å²) in [6.45, 7) is 7.73. The Balaban J connectivity index is 1.73. The van der Waals surface area contributed by atoms with Gasteiger partial charge in [-0.3, -0.25) is 0 Å². The predicted molar refractivity (Wildman–Crippen MR) is 85.7 cm³/mol. The Hall–Kier alpha value is -1.62. The average molecular weight is 287 g/mol. The zero-order valence-corrected chi connectivity index (χ0v) is 13.0. The molecule has 0 spiro atoms. The van der Waals surface area contributed by atoms with Crippen LogP contribution < -0.4 is 10.2 Å². The fourth-order valence-electron chi connectivity index (χ4n) is 3.02. The van der Waals surface area contributed by atoms with E-state index in [1.54, 1.807) is 6.20 Å². The molecule has 1 fully saturated rings. The Kier molecular flexibility index (Phi) is 4.39. The number of aromatic nitrogens is 3. The van der Waals surface area contributed by atoms with Gasteiger partial charge < -0.3 is 10.2 Å². The summed E-state index contributed by atoms with van der Waals surface area (Å²) in [5.41, 5.74) is 0.923.